The summed E-state index contributed by atoms with van der Waals surface area (Å²) in [7, 11) is 0. The van der Waals surface area contributed by atoms with Crippen LogP contribution in [0.25, 0.3) is 10.1 Å². The first kappa shape index (κ1) is 27.9. The zero-order valence-electron chi connectivity index (χ0n) is 22.4. The second kappa shape index (κ2) is 10.6. The molecule has 11 heteroatoms. The highest BCUT2D eigenvalue weighted by atomic mass is 35.5. The molecule has 7 N–H and O–H groups in total. The highest BCUT2D eigenvalue weighted by Crippen LogP contribution is 2.50. The standard InChI is InChI=1S/C31H28ClN5O4S/c1-2-23(38)37-13-12-16(15-37)36-30(40)28-25-24-20(10-11-22(33)27(24)42-28)31(35,29(39)26(25)34)19-9-8-18(14-21(19)32)41-17-6-4-3-5-7-17/h2-11,14,16,26H,1,12-13,15,33-35H2,(H,36,40). The Balaban J connectivity index is 1.39. The number of nitrogens with one attached hydrogen (secondary N) is 1. The first-order chi connectivity index (χ1) is 20.1. The summed E-state index contributed by atoms with van der Waals surface area (Å²) in [5.74, 6) is 0.0277. The molecule has 3 aromatic carbocycles. The van der Waals surface area contributed by atoms with Gasteiger partial charge in [-0.2, -0.15) is 0 Å². The van der Waals surface area contributed by atoms with E-state index in [1.807, 2.05) is 30.3 Å². The summed E-state index contributed by atoms with van der Waals surface area (Å²) in [6, 6.07) is 16.1. The average molecular weight is 602 g/mol. The van der Waals surface area contributed by atoms with Gasteiger partial charge in [0.2, 0.25) is 5.91 Å². The van der Waals surface area contributed by atoms with Crippen molar-refractivity contribution in [2.75, 3.05) is 18.8 Å². The third kappa shape index (κ3) is 4.44. The number of benzene rings is 3. The molecule has 2 amide bonds. The number of ether oxygens (including phenoxy) is 1. The molecule has 0 spiro atoms. The van der Waals surface area contributed by atoms with Crippen LogP contribution in [0.15, 0.2) is 73.3 Å². The second-order valence-electron chi connectivity index (χ2n) is 10.4. The van der Waals surface area contributed by atoms with Gasteiger partial charge in [0.1, 0.15) is 17.0 Å². The highest BCUT2D eigenvalue weighted by Gasteiger charge is 2.49. The van der Waals surface area contributed by atoms with Crippen LogP contribution in [-0.2, 0) is 15.1 Å². The topological polar surface area (TPSA) is 154 Å². The summed E-state index contributed by atoms with van der Waals surface area (Å²) in [6.07, 6.45) is 1.85. The number of para-hydroxylation sites is 1. The number of halogens is 1. The number of hydrogen-bond donors (Lipinski definition) is 4. The number of Topliss-reactive ketones (excluding diaryl/α,β-unsaturated/α-hetero) is 1. The average Bonchev–Trinajstić information content (AvgIpc) is 3.62. The molecule has 214 valence electrons. The normalized spacial score (nSPS) is 21.4. The Morgan fingerprint density at radius 3 is 2.57 bits per heavy atom. The van der Waals surface area contributed by atoms with Gasteiger partial charge in [0, 0.05) is 41.3 Å². The van der Waals surface area contributed by atoms with Crippen LogP contribution < -0.4 is 27.3 Å². The van der Waals surface area contributed by atoms with Crippen molar-refractivity contribution < 1.29 is 19.1 Å². The molecule has 6 rings (SSSR count). The molecule has 3 atom stereocenters. The molecule has 1 aliphatic carbocycles. The van der Waals surface area contributed by atoms with E-state index < -0.39 is 17.4 Å². The Morgan fingerprint density at radius 1 is 1.12 bits per heavy atom. The van der Waals surface area contributed by atoms with Gasteiger partial charge in [-0.25, -0.2) is 0 Å². The van der Waals surface area contributed by atoms with Crippen LogP contribution in [0.3, 0.4) is 0 Å². The molecule has 4 aromatic rings. The molecular formula is C31H28ClN5O4S. The zero-order chi connectivity index (χ0) is 29.8. The molecule has 42 heavy (non-hydrogen) atoms. The van der Waals surface area contributed by atoms with Gasteiger partial charge < -0.3 is 32.2 Å². The molecule has 1 aliphatic heterocycles. The molecule has 1 aromatic heterocycles. The molecule has 0 radical (unpaired) electrons. The Kier molecular flexibility index (Phi) is 7.02. The summed E-state index contributed by atoms with van der Waals surface area (Å²) in [6.45, 7) is 4.40. The Hall–Kier alpha value is -4.22. The van der Waals surface area contributed by atoms with E-state index in [2.05, 4.69) is 11.9 Å². The van der Waals surface area contributed by atoms with Crippen LogP contribution in [0.2, 0.25) is 5.02 Å². The third-order valence-corrected chi connectivity index (χ3v) is 9.44. The van der Waals surface area contributed by atoms with E-state index in [9.17, 15) is 14.4 Å². The quantitative estimate of drug-likeness (QED) is 0.190. The van der Waals surface area contributed by atoms with E-state index in [1.54, 1.807) is 35.2 Å². The monoisotopic (exact) mass is 601 g/mol. The van der Waals surface area contributed by atoms with Gasteiger partial charge in [-0.15, -0.1) is 11.3 Å². The summed E-state index contributed by atoms with van der Waals surface area (Å²) < 4.78 is 6.51. The Labute approximate surface area is 250 Å². The minimum Gasteiger partial charge on any atom is -0.457 e. The molecular weight excluding hydrogens is 574 g/mol. The first-order valence-electron chi connectivity index (χ1n) is 13.3. The van der Waals surface area contributed by atoms with E-state index in [0.29, 0.717) is 68.4 Å². The number of nitrogens with zero attached hydrogens (tertiary/aromatic N) is 1. The van der Waals surface area contributed by atoms with Gasteiger partial charge in [0.25, 0.3) is 5.91 Å². The number of rotatable bonds is 6. The van der Waals surface area contributed by atoms with Crippen LogP contribution in [0.5, 0.6) is 11.5 Å². The maximum Gasteiger partial charge on any atom is 0.262 e. The van der Waals surface area contributed by atoms with E-state index in [1.165, 1.54) is 17.4 Å². The number of nitrogens with two attached hydrogens (primary N) is 3. The minimum absolute atomic E-state index is 0.189. The van der Waals surface area contributed by atoms with Crippen molar-refractivity contribution in [2.45, 2.75) is 24.0 Å². The highest BCUT2D eigenvalue weighted by molar-refractivity contribution is 7.21. The lowest BCUT2D eigenvalue weighted by Crippen LogP contribution is -2.52. The van der Waals surface area contributed by atoms with E-state index in [-0.39, 0.29) is 22.9 Å². The van der Waals surface area contributed by atoms with Crippen molar-refractivity contribution in [2.24, 2.45) is 11.5 Å². The summed E-state index contributed by atoms with van der Waals surface area (Å²) in [4.78, 5) is 41.6. The van der Waals surface area contributed by atoms with Crippen LogP contribution >= 0.6 is 22.9 Å². The van der Waals surface area contributed by atoms with Crippen LogP contribution in [0.1, 0.15) is 38.8 Å². The van der Waals surface area contributed by atoms with Crippen molar-refractivity contribution in [3.05, 3.63) is 99.9 Å². The number of anilines is 1. The first-order valence-corrected chi connectivity index (χ1v) is 14.5. The van der Waals surface area contributed by atoms with Crippen molar-refractivity contribution in [1.29, 1.82) is 0 Å². The maximum atomic E-state index is 14.1. The predicted octanol–water partition coefficient (Wildman–Crippen LogP) is 4.23. The van der Waals surface area contributed by atoms with Gasteiger partial charge >= 0.3 is 0 Å². The number of carbonyl (C=O) groups excluding carboxylic acids is 3. The largest absolute Gasteiger partial charge is 0.457 e. The maximum absolute atomic E-state index is 14.1. The number of nitrogen functional groups attached to an aromatic ring is 1. The minimum atomic E-state index is -1.70. The number of ketones is 1. The fraction of sp³-hybridized carbons (Fsp3) is 0.194. The smallest absolute Gasteiger partial charge is 0.262 e. The number of hydrogen-bond acceptors (Lipinski definition) is 8. The number of thiophene rings is 1. The van der Waals surface area contributed by atoms with Gasteiger partial charge in [0.05, 0.1) is 20.6 Å². The third-order valence-electron chi connectivity index (χ3n) is 7.87. The number of likely N-dealkylation sites (tertiary alicyclic amines) is 1. The van der Waals surface area contributed by atoms with Crippen LogP contribution in [0, 0.1) is 0 Å². The van der Waals surface area contributed by atoms with Crippen molar-refractivity contribution in [1.82, 2.24) is 10.2 Å². The molecule has 1 fully saturated rings. The Bertz CT molecular complexity index is 1770. The fourth-order valence-electron chi connectivity index (χ4n) is 5.79. The van der Waals surface area contributed by atoms with Crippen molar-refractivity contribution in [3.63, 3.8) is 0 Å². The van der Waals surface area contributed by atoms with E-state index >= 15 is 0 Å². The second-order valence-corrected chi connectivity index (χ2v) is 11.8. The molecule has 2 aliphatic rings. The van der Waals surface area contributed by atoms with Crippen LogP contribution in [-0.4, -0.2) is 41.6 Å². The predicted molar refractivity (Wildman–Crippen MR) is 164 cm³/mol. The fourth-order valence-corrected chi connectivity index (χ4v) is 7.31. The van der Waals surface area contributed by atoms with E-state index in [0.717, 1.165) is 0 Å². The Morgan fingerprint density at radius 2 is 1.86 bits per heavy atom. The lowest BCUT2D eigenvalue weighted by Gasteiger charge is -2.37. The molecule has 2 heterocycles. The van der Waals surface area contributed by atoms with Crippen molar-refractivity contribution in [3.8, 4) is 11.5 Å². The van der Waals surface area contributed by atoms with Gasteiger partial charge in [-0.3, -0.25) is 14.4 Å². The summed E-state index contributed by atoms with van der Waals surface area (Å²) in [5, 5.41) is 3.80. The molecule has 1 saturated heterocycles. The lowest BCUT2D eigenvalue weighted by atomic mass is 9.70. The SMILES string of the molecule is C=CC(=O)N1CCC(NC(=O)c2sc3c(N)ccc4c3c2C(N)C(=O)C4(N)c2ccc(Oc3ccccc3)cc2Cl)C1. The number of amides is 2. The molecule has 3 unspecified atom stereocenters. The van der Waals surface area contributed by atoms with Crippen molar-refractivity contribution >= 4 is 56.3 Å². The zero-order valence-corrected chi connectivity index (χ0v) is 24.0. The van der Waals surface area contributed by atoms with Crippen LogP contribution in [0.4, 0.5) is 5.69 Å². The number of carbonyl (C=O) groups is 3. The molecule has 0 bridgehead atoms. The molecule has 9 nitrogen and oxygen atoms in total. The van der Waals surface area contributed by atoms with Gasteiger partial charge in [-0.1, -0.05) is 48.5 Å². The van der Waals surface area contributed by atoms with Gasteiger partial charge in [0.15, 0.2) is 5.78 Å². The van der Waals surface area contributed by atoms with E-state index in [4.69, 9.17) is 33.5 Å². The lowest BCUT2D eigenvalue weighted by molar-refractivity contribution is -0.125. The molecule has 0 saturated carbocycles. The summed E-state index contributed by atoms with van der Waals surface area (Å²) >= 11 is 7.91. The van der Waals surface area contributed by atoms with Gasteiger partial charge in [-0.05, 0) is 48.4 Å². The summed E-state index contributed by atoms with van der Waals surface area (Å²) in [5.41, 5.74) is 19.9.